The van der Waals surface area contributed by atoms with Crippen LogP contribution in [0.5, 0.6) is 11.5 Å². The van der Waals surface area contributed by atoms with Crippen molar-refractivity contribution in [1.82, 2.24) is 14.1 Å². The van der Waals surface area contributed by atoms with Crippen molar-refractivity contribution in [3.05, 3.63) is 200 Å². The molecular formula is C53H35N3O2. The largest absolute Gasteiger partial charge is 0.505 e. The quantitative estimate of drug-likeness (QED) is 0.178. The second-order valence-corrected chi connectivity index (χ2v) is 14.6. The molecule has 5 nitrogen and oxygen atoms in total. The zero-order chi connectivity index (χ0) is 38.7. The lowest BCUT2D eigenvalue weighted by molar-refractivity contribution is 0.474. The predicted molar refractivity (Wildman–Crippen MR) is 238 cm³/mol. The number of aromatic nitrogens is 3. The van der Waals surface area contributed by atoms with Crippen LogP contribution in [0.25, 0.3) is 99.8 Å². The number of phenols is 2. The van der Waals surface area contributed by atoms with Gasteiger partial charge in [0.15, 0.2) is 0 Å². The van der Waals surface area contributed by atoms with E-state index in [1.165, 1.54) is 0 Å². The molecule has 58 heavy (non-hydrogen) atoms. The van der Waals surface area contributed by atoms with Crippen LogP contribution >= 0.6 is 0 Å². The van der Waals surface area contributed by atoms with E-state index in [0.717, 1.165) is 88.4 Å². The average molecular weight is 746 g/mol. The fraction of sp³-hybridized carbons (Fsp3) is 0. The molecule has 2 N–H and O–H groups in total. The molecule has 11 rings (SSSR count). The Morgan fingerprint density at radius 1 is 0.276 bits per heavy atom. The van der Waals surface area contributed by atoms with E-state index in [0.29, 0.717) is 11.4 Å². The van der Waals surface area contributed by atoms with Crippen molar-refractivity contribution < 1.29 is 10.2 Å². The van der Waals surface area contributed by atoms with Crippen LogP contribution in [-0.2, 0) is 0 Å². The van der Waals surface area contributed by atoms with Gasteiger partial charge in [-0.15, -0.1) is 0 Å². The maximum Gasteiger partial charge on any atom is 0.147 e. The molecule has 11 aromatic rings. The second kappa shape index (κ2) is 13.4. The summed E-state index contributed by atoms with van der Waals surface area (Å²) >= 11 is 0. The summed E-state index contributed by atoms with van der Waals surface area (Å²) in [6, 6.07) is 67.4. The van der Waals surface area contributed by atoms with Gasteiger partial charge in [0.25, 0.3) is 0 Å². The minimum atomic E-state index is 0.196. The van der Waals surface area contributed by atoms with Gasteiger partial charge in [0, 0.05) is 43.8 Å². The van der Waals surface area contributed by atoms with Crippen molar-refractivity contribution in [1.29, 1.82) is 0 Å². The van der Waals surface area contributed by atoms with Gasteiger partial charge < -0.3 is 19.3 Å². The van der Waals surface area contributed by atoms with Gasteiger partial charge in [-0.2, -0.15) is 0 Å². The van der Waals surface area contributed by atoms with E-state index in [1.807, 2.05) is 115 Å². The van der Waals surface area contributed by atoms with E-state index < -0.39 is 0 Å². The van der Waals surface area contributed by atoms with Gasteiger partial charge in [0.1, 0.15) is 11.5 Å². The highest BCUT2D eigenvalue weighted by Gasteiger charge is 2.21. The third kappa shape index (κ3) is 5.14. The molecule has 0 aliphatic carbocycles. The van der Waals surface area contributed by atoms with E-state index in [-0.39, 0.29) is 11.5 Å². The Hall–Kier alpha value is -7.89. The average Bonchev–Trinajstić information content (AvgIpc) is 3.80. The molecule has 0 fully saturated rings. The molecule has 8 aromatic carbocycles. The third-order valence-corrected chi connectivity index (χ3v) is 11.4. The minimum Gasteiger partial charge on any atom is -0.505 e. The molecule has 0 saturated heterocycles. The molecule has 3 aromatic heterocycles. The van der Waals surface area contributed by atoms with Crippen LogP contribution < -0.4 is 0 Å². The number of pyridine rings is 1. The highest BCUT2D eigenvalue weighted by molar-refractivity contribution is 6.10. The van der Waals surface area contributed by atoms with Gasteiger partial charge in [0.05, 0.1) is 44.8 Å². The minimum absolute atomic E-state index is 0.196. The summed E-state index contributed by atoms with van der Waals surface area (Å²) in [5.41, 5.74) is 12.1. The standard InChI is InChI=1S/C53H35N3O2/c57-52-42(24-13-32-50(52)55-46-28-9-5-20-38(46)39-21-6-10-29-47(39)55)34-16-1-3-18-36(34)44-26-15-27-45(54-44)37-19-4-2-17-35(37)43-25-14-33-51(53(43)58)56-48-30-11-7-22-40(48)41-23-8-12-31-49(41)56/h1-33,57-58H. The SMILES string of the molecule is Oc1c(-c2ccccc2-c2cccc(-c3ccccc3-c3cccc(-n4c5ccccc5c5ccccc54)c3O)n2)cccc1-n1c2ccccc2c2ccccc21. The van der Waals surface area contributed by atoms with Crippen LogP contribution in [0.3, 0.4) is 0 Å². The molecule has 5 heteroatoms. The first kappa shape index (κ1) is 33.4. The van der Waals surface area contributed by atoms with Gasteiger partial charge in [-0.3, -0.25) is 0 Å². The van der Waals surface area contributed by atoms with E-state index >= 15 is 0 Å². The zero-order valence-corrected chi connectivity index (χ0v) is 31.3. The van der Waals surface area contributed by atoms with Gasteiger partial charge in [-0.05, 0) is 59.7 Å². The highest BCUT2D eigenvalue weighted by atomic mass is 16.3. The molecule has 0 bridgehead atoms. The molecule has 0 aliphatic rings. The summed E-state index contributed by atoms with van der Waals surface area (Å²) in [6.07, 6.45) is 0. The maximum atomic E-state index is 12.2. The van der Waals surface area contributed by atoms with Crippen LogP contribution in [0.2, 0.25) is 0 Å². The molecule has 0 saturated carbocycles. The van der Waals surface area contributed by atoms with E-state index in [2.05, 4.69) is 94.1 Å². The summed E-state index contributed by atoms with van der Waals surface area (Å²) in [6.45, 7) is 0. The number of para-hydroxylation sites is 6. The monoisotopic (exact) mass is 745 g/mol. The second-order valence-electron chi connectivity index (χ2n) is 14.6. The van der Waals surface area contributed by atoms with Crippen molar-refractivity contribution >= 4 is 43.6 Å². The van der Waals surface area contributed by atoms with Crippen molar-refractivity contribution in [3.63, 3.8) is 0 Å². The number of hydrogen-bond acceptors (Lipinski definition) is 3. The fourth-order valence-corrected chi connectivity index (χ4v) is 8.84. The lowest BCUT2D eigenvalue weighted by Gasteiger charge is -2.17. The first-order chi connectivity index (χ1) is 28.7. The molecule has 0 radical (unpaired) electrons. The molecular weight excluding hydrogens is 711 g/mol. The number of rotatable bonds is 6. The first-order valence-corrected chi connectivity index (χ1v) is 19.4. The Morgan fingerprint density at radius 3 is 0.948 bits per heavy atom. The van der Waals surface area contributed by atoms with Crippen LogP contribution in [0.4, 0.5) is 0 Å². The normalized spacial score (nSPS) is 11.6. The van der Waals surface area contributed by atoms with Gasteiger partial charge in [0.2, 0.25) is 0 Å². The zero-order valence-electron chi connectivity index (χ0n) is 31.3. The Labute approximate surface area is 334 Å². The van der Waals surface area contributed by atoms with Crippen LogP contribution in [-0.4, -0.2) is 24.3 Å². The number of hydrogen-bond donors (Lipinski definition) is 2. The molecule has 274 valence electrons. The van der Waals surface area contributed by atoms with Crippen molar-refractivity contribution in [2.45, 2.75) is 0 Å². The van der Waals surface area contributed by atoms with Gasteiger partial charge in [-0.1, -0.05) is 152 Å². The number of aromatic hydroxyl groups is 2. The lowest BCUT2D eigenvalue weighted by Crippen LogP contribution is -1.97. The summed E-state index contributed by atoms with van der Waals surface area (Å²) in [4.78, 5) is 5.28. The van der Waals surface area contributed by atoms with E-state index in [4.69, 9.17) is 4.98 Å². The lowest BCUT2D eigenvalue weighted by atomic mass is 9.94. The Morgan fingerprint density at radius 2 is 0.569 bits per heavy atom. The Bertz CT molecular complexity index is 3060. The summed E-state index contributed by atoms with van der Waals surface area (Å²) < 4.78 is 4.29. The Kier molecular flexibility index (Phi) is 7.73. The first-order valence-electron chi connectivity index (χ1n) is 19.4. The van der Waals surface area contributed by atoms with Crippen LogP contribution in [0.15, 0.2) is 200 Å². The number of fused-ring (bicyclic) bond motifs is 6. The van der Waals surface area contributed by atoms with Crippen molar-refractivity contribution in [3.8, 4) is 67.6 Å². The van der Waals surface area contributed by atoms with E-state index in [9.17, 15) is 10.2 Å². The Balaban J connectivity index is 1.03. The predicted octanol–water partition coefficient (Wildman–Crippen LogP) is 13.4. The molecule has 0 atom stereocenters. The van der Waals surface area contributed by atoms with Crippen LogP contribution in [0, 0.1) is 0 Å². The van der Waals surface area contributed by atoms with Gasteiger partial charge >= 0.3 is 0 Å². The van der Waals surface area contributed by atoms with Crippen molar-refractivity contribution in [2.75, 3.05) is 0 Å². The number of nitrogens with zero attached hydrogens (tertiary/aromatic N) is 3. The van der Waals surface area contributed by atoms with Crippen molar-refractivity contribution in [2.24, 2.45) is 0 Å². The summed E-state index contributed by atoms with van der Waals surface area (Å²) in [7, 11) is 0. The summed E-state index contributed by atoms with van der Waals surface area (Å²) in [5.74, 6) is 0.392. The molecule has 0 amide bonds. The molecule has 0 unspecified atom stereocenters. The smallest absolute Gasteiger partial charge is 0.147 e. The molecule has 0 aliphatic heterocycles. The molecule has 3 heterocycles. The molecule has 0 spiro atoms. The maximum absolute atomic E-state index is 12.2. The third-order valence-electron chi connectivity index (χ3n) is 11.4. The van der Waals surface area contributed by atoms with E-state index in [1.54, 1.807) is 0 Å². The highest BCUT2D eigenvalue weighted by Crippen LogP contribution is 2.45. The number of benzene rings is 8. The van der Waals surface area contributed by atoms with Gasteiger partial charge in [-0.25, -0.2) is 4.98 Å². The van der Waals surface area contributed by atoms with Crippen LogP contribution in [0.1, 0.15) is 0 Å². The topological polar surface area (TPSA) is 63.2 Å². The number of phenolic OH excluding ortho intramolecular Hbond substituents is 2. The fourth-order valence-electron chi connectivity index (χ4n) is 8.84. The summed E-state index contributed by atoms with van der Waals surface area (Å²) in [5, 5.41) is 28.9.